The Morgan fingerprint density at radius 3 is 2.25 bits per heavy atom. The van der Waals surface area contributed by atoms with E-state index in [9.17, 15) is 14.4 Å². The molecule has 1 fully saturated rings. The molecule has 1 amide bonds. The molecule has 6 heteroatoms. The van der Waals surface area contributed by atoms with Crippen LogP contribution in [0.3, 0.4) is 0 Å². The van der Waals surface area contributed by atoms with E-state index in [0.29, 0.717) is 24.1 Å². The molecule has 106 valence electrons. The highest BCUT2D eigenvalue weighted by Crippen LogP contribution is 2.43. The number of hydrogen-bond acceptors (Lipinski definition) is 3. The molecule has 0 saturated heterocycles. The molecule has 2 N–H and O–H groups in total. The van der Waals surface area contributed by atoms with Crippen molar-refractivity contribution in [1.29, 1.82) is 0 Å². The maximum Gasteiger partial charge on any atom is 0.303 e. The molecule has 1 aliphatic rings. The SMILES string of the molecule is O=C(O)CCC(=O)c1ccc(NC(=O)C2(Cl)CC2)cc1. The predicted molar refractivity (Wildman–Crippen MR) is 74.1 cm³/mol. The molecule has 0 bridgehead atoms. The highest BCUT2D eigenvalue weighted by Gasteiger charge is 2.48. The van der Waals surface area contributed by atoms with E-state index < -0.39 is 10.8 Å². The number of ketones is 1. The number of anilines is 1. The van der Waals surface area contributed by atoms with Gasteiger partial charge in [-0.2, -0.15) is 0 Å². The minimum absolute atomic E-state index is 0.0359. The standard InChI is InChI=1S/C14H14ClNO4/c15-14(7-8-14)13(20)16-10-3-1-9(2-4-10)11(17)5-6-12(18)19/h1-4H,5-8H2,(H,16,20)(H,18,19). The summed E-state index contributed by atoms with van der Waals surface area (Å²) in [6, 6.07) is 6.34. The van der Waals surface area contributed by atoms with Crippen LogP contribution in [0.4, 0.5) is 5.69 Å². The third-order valence-electron chi connectivity index (χ3n) is 3.13. The van der Waals surface area contributed by atoms with Gasteiger partial charge in [0.05, 0.1) is 6.42 Å². The number of amides is 1. The molecule has 0 heterocycles. The van der Waals surface area contributed by atoms with Crippen molar-refractivity contribution < 1.29 is 19.5 Å². The summed E-state index contributed by atoms with van der Waals surface area (Å²) in [6.45, 7) is 0. The van der Waals surface area contributed by atoms with Crippen LogP contribution in [0.1, 0.15) is 36.0 Å². The molecule has 0 spiro atoms. The maximum atomic E-state index is 11.7. The number of nitrogens with one attached hydrogen (secondary N) is 1. The molecular formula is C14H14ClNO4. The molecule has 0 atom stereocenters. The monoisotopic (exact) mass is 295 g/mol. The van der Waals surface area contributed by atoms with Crippen LogP contribution >= 0.6 is 11.6 Å². The fourth-order valence-corrected chi connectivity index (χ4v) is 1.83. The number of aliphatic carboxylic acids is 1. The summed E-state index contributed by atoms with van der Waals surface area (Å²) in [7, 11) is 0. The minimum atomic E-state index is -1.00. The first kappa shape index (κ1) is 14.5. The Hall–Kier alpha value is -1.88. The number of carboxylic acid groups (broad SMARTS) is 1. The number of rotatable bonds is 6. The highest BCUT2D eigenvalue weighted by molar-refractivity contribution is 6.38. The molecule has 0 aromatic heterocycles. The van der Waals surface area contributed by atoms with Gasteiger partial charge in [0.1, 0.15) is 4.87 Å². The summed E-state index contributed by atoms with van der Waals surface area (Å²) < 4.78 is 0. The normalized spacial score (nSPS) is 15.4. The van der Waals surface area contributed by atoms with Gasteiger partial charge in [-0.15, -0.1) is 11.6 Å². The number of halogens is 1. The average Bonchev–Trinajstić information content (AvgIpc) is 3.16. The fourth-order valence-electron chi connectivity index (χ4n) is 1.68. The minimum Gasteiger partial charge on any atom is -0.481 e. The number of hydrogen-bond donors (Lipinski definition) is 2. The van der Waals surface area contributed by atoms with Crippen molar-refractivity contribution in [3.8, 4) is 0 Å². The van der Waals surface area contributed by atoms with Crippen molar-refractivity contribution in [2.45, 2.75) is 30.6 Å². The van der Waals surface area contributed by atoms with Crippen LogP contribution in [-0.2, 0) is 9.59 Å². The van der Waals surface area contributed by atoms with E-state index in [1.807, 2.05) is 0 Å². The molecule has 2 rings (SSSR count). The average molecular weight is 296 g/mol. The Kier molecular flexibility index (Phi) is 4.09. The zero-order valence-electron chi connectivity index (χ0n) is 10.7. The molecule has 1 aromatic carbocycles. The Bertz CT molecular complexity index is 549. The summed E-state index contributed by atoms with van der Waals surface area (Å²) in [5.41, 5.74) is 0.993. The van der Waals surface area contributed by atoms with Gasteiger partial charge in [0.2, 0.25) is 5.91 Å². The molecule has 0 unspecified atom stereocenters. The van der Waals surface area contributed by atoms with Gasteiger partial charge in [-0.1, -0.05) is 0 Å². The van der Waals surface area contributed by atoms with E-state index in [4.69, 9.17) is 16.7 Å². The molecule has 20 heavy (non-hydrogen) atoms. The predicted octanol–water partition coefficient (Wildman–Crippen LogP) is 2.44. The second kappa shape index (κ2) is 5.63. The van der Waals surface area contributed by atoms with Crippen molar-refractivity contribution >= 4 is 34.9 Å². The van der Waals surface area contributed by atoms with Crippen molar-refractivity contribution in [3.63, 3.8) is 0 Å². The Balaban J connectivity index is 1.94. The van der Waals surface area contributed by atoms with Crippen LogP contribution in [0.2, 0.25) is 0 Å². The smallest absolute Gasteiger partial charge is 0.303 e. The van der Waals surface area contributed by atoms with Crippen LogP contribution in [-0.4, -0.2) is 27.6 Å². The second-order valence-electron chi connectivity index (χ2n) is 4.81. The van der Waals surface area contributed by atoms with Crippen molar-refractivity contribution in [2.24, 2.45) is 0 Å². The third kappa shape index (κ3) is 3.57. The first-order valence-corrected chi connectivity index (χ1v) is 6.64. The Morgan fingerprint density at radius 2 is 1.75 bits per heavy atom. The van der Waals surface area contributed by atoms with Gasteiger partial charge in [0, 0.05) is 17.7 Å². The van der Waals surface area contributed by atoms with Crippen LogP contribution in [0.25, 0.3) is 0 Å². The van der Waals surface area contributed by atoms with Crippen molar-refractivity contribution in [1.82, 2.24) is 0 Å². The van der Waals surface area contributed by atoms with Crippen molar-refractivity contribution in [3.05, 3.63) is 29.8 Å². The Morgan fingerprint density at radius 1 is 1.15 bits per heavy atom. The maximum absolute atomic E-state index is 11.7. The van der Waals surface area contributed by atoms with Gasteiger partial charge in [0.15, 0.2) is 5.78 Å². The third-order valence-corrected chi connectivity index (χ3v) is 3.68. The van der Waals surface area contributed by atoms with Crippen LogP contribution in [0.5, 0.6) is 0 Å². The molecule has 1 aliphatic carbocycles. The van der Waals surface area contributed by atoms with Crippen molar-refractivity contribution in [2.75, 3.05) is 5.32 Å². The number of carbonyl (C=O) groups is 3. The number of carboxylic acids is 1. The molecule has 1 aromatic rings. The molecular weight excluding hydrogens is 282 g/mol. The van der Waals surface area contributed by atoms with E-state index in [1.165, 1.54) is 0 Å². The fraction of sp³-hybridized carbons (Fsp3) is 0.357. The van der Waals surface area contributed by atoms with Crippen LogP contribution < -0.4 is 5.32 Å². The van der Waals surface area contributed by atoms with Gasteiger partial charge in [-0.05, 0) is 37.1 Å². The van der Waals surface area contributed by atoms with E-state index in [-0.39, 0.29) is 24.5 Å². The molecule has 1 saturated carbocycles. The first-order valence-electron chi connectivity index (χ1n) is 6.26. The lowest BCUT2D eigenvalue weighted by Gasteiger charge is -2.08. The summed E-state index contributed by atoms with van der Waals surface area (Å²) in [5, 5.41) is 11.2. The van der Waals surface area contributed by atoms with E-state index in [0.717, 1.165) is 0 Å². The topological polar surface area (TPSA) is 83.5 Å². The van der Waals surface area contributed by atoms with Gasteiger partial charge in [0.25, 0.3) is 0 Å². The van der Waals surface area contributed by atoms with Crippen LogP contribution in [0, 0.1) is 0 Å². The van der Waals surface area contributed by atoms with E-state index >= 15 is 0 Å². The Labute approximate surface area is 120 Å². The summed E-state index contributed by atoms with van der Waals surface area (Å²) in [4.78, 5) is 33.0. The zero-order chi connectivity index (χ0) is 14.8. The van der Waals surface area contributed by atoms with Crippen LogP contribution in [0.15, 0.2) is 24.3 Å². The van der Waals surface area contributed by atoms with Gasteiger partial charge in [-0.25, -0.2) is 0 Å². The molecule has 0 radical (unpaired) electrons. The largest absolute Gasteiger partial charge is 0.481 e. The van der Waals surface area contributed by atoms with Gasteiger partial charge >= 0.3 is 5.97 Å². The lowest BCUT2D eigenvalue weighted by atomic mass is 10.1. The first-order chi connectivity index (χ1) is 9.40. The number of carbonyl (C=O) groups excluding carboxylic acids is 2. The molecule has 5 nitrogen and oxygen atoms in total. The number of benzene rings is 1. The second-order valence-corrected chi connectivity index (χ2v) is 5.54. The van der Waals surface area contributed by atoms with Gasteiger partial charge < -0.3 is 10.4 Å². The molecule has 0 aliphatic heterocycles. The van der Waals surface area contributed by atoms with E-state index in [2.05, 4.69) is 5.32 Å². The number of alkyl halides is 1. The zero-order valence-corrected chi connectivity index (χ0v) is 11.4. The van der Waals surface area contributed by atoms with E-state index in [1.54, 1.807) is 24.3 Å². The highest BCUT2D eigenvalue weighted by atomic mass is 35.5. The summed E-state index contributed by atoms with van der Waals surface area (Å²) >= 11 is 5.98. The van der Waals surface area contributed by atoms with Gasteiger partial charge in [-0.3, -0.25) is 14.4 Å². The lowest BCUT2D eigenvalue weighted by Crippen LogP contribution is -2.24. The lowest BCUT2D eigenvalue weighted by molar-refractivity contribution is -0.137. The summed E-state index contributed by atoms with van der Waals surface area (Å²) in [5.74, 6) is -1.47. The quantitative estimate of drug-likeness (QED) is 0.624. The number of Topliss-reactive ketones (excluding diaryl/α,β-unsaturated/α-hetero) is 1. The summed E-state index contributed by atoms with van der Waals surface area (Å²) in [6.07, 6.45) is 1.12.